The summed E-state index contributed by atoms with van der Waals surface area (Å²) >= 11 is 0. The highest BCUT2D eigenvalue weighted by Gasteiger charge is 2.32. The summed E-state index contributed by atoms with van der Waals surface area (Å²) in [7, 11) is 1.36. The van der Waals surface area contributed by atoms with Crippen LogP contribution in [0.5, 0.6) is 0 Å². The third kappa shape index (κ3) is 4.32. The Balaban J connectivity index is 1.76. The standard InChI is InChI=1S/C16H26N2O3/c1-3-12-6-8-16(20,9-7-12)11-17-10-13-4-5-14(18-13)15(19)21-2/h4-5,12,17-18,20H,3,6-11H2,1-2H3. The third-order valence-corrected chi connectivity index (χ3v) is 4.53. The first-order valence-corrected chi connectivity index (χ1v) is 7.75. The summed E-state index contributed by atoms with van der Waals surface area (Å²) in [5.74, 6) is 0.411. The normalized spacial score (nSPS) is 25.8. The Kier molecular flexibility index (Phi) is 5.42. The van der Waals surface area contributed by atoms with Gasteiger partial charge >= 0.3 is 5.97 Å². The van der Waals surface area contributed by atoms with Crippen LogP contribution >= 0.6 is 0 Å². The molecular formula is C16H26N2O3. The molecule has 0 radical (unpaired) electrons. The van der Waals surface area contributed by atoms with Crippen LogP contribution in [0.3, 0.4) is 0 Å². The van der Waals surface area contributed by atoms with E-state index in [0.717, 1.165) is 37.3 Å². The molecule has 0 unspecified atom stereocenters. The Hall–Kier alpha value is -1.33. The second kappa shape index (κ2) is 7.09. The summed E-state index contributed by atoms with van der Waals surface area (Å²) in [6.07, 6.45) is 5.18. The lowest BCUT2D eigenvalue weighted by Crippen LogP contribution is -2.43. The number of aromatic nitrogens is 1. The van der Waals surface area contributed by atoms with Crippen molar-refractivity contribution in [3.8, 4) is 0 Å². The second-order valence-electron chi connectivity index (χ2n) is 6.07. The van der Waals surface area contributed by atoms with Gasteiger partial charge in [-0.15, -0.1) is 0 Å². The zero-order chi connectivity index (χ0) is 15.3. The lowest BCUT2D eigenvalue weighted by Gasteiger charge is -2.36. The predicted molar refractivity (Wildman–Crippen MR) is 81.0 cm³/mol. The molecule has 0 aromatic carbocycles. The predicted octanol–water partition coefficient (Wildman–Crippen LogP) is 2.22. The van der Waals surface area contributed by atoms with Crippen LogP contribution in [0.25, 0.3) is 0 Å². The van der Waals surface area contributed by atoms with E-state index in [9.17, 15) is 9.90 Å². The quantitative estimate of drug-likeness (QED) is 0.703. The number of H-pyrrole nitrogens is 1. The molecule has 0 aliphatic heterocycles. The zero-order valence-electron chi connectivity index (χ0n) is 12.9. The molecule has 0 amide bonds. The van der Waals surface area contributed by atoms with Crippen LogP contribution in [0.2, 0.25) is 0 Å². The molecule has 0 saturated heterocycles. The van der Waals surface area contributed by atoms with Crippen LogP contribution in [-0.2, 0) is 11.3 Å². The summed E-state index contributed by atoms with van der Waals surface area (Å²) in [5.41, 5.74) is 0.793. The van der Waals surface area contributed by atoms with Gasteiger partial charge in [-0.1, -0.05) is 13.3 Å². The molecule has 1 saturated carbocycles. The molecule has 118 valence electrons. The van der Waals surface area contributed by atoms with Gasteiger partial charge in [0, 0.05) is 18.8 Å². The SMILES string of the molecule is CCC1CCC(O)(CNCc2ccc(C(=O)OC)[nH]2)CC1. The van der Waals surface area contributed by atoms with E-state index in [1.807, 2.05) is 6.07 Å². The number of aliphatic hydroxyl groups is 1. The molecule has 2 rings (SSSR count). The molecule has 5 heteroatoms. The number of carbonyl (C=O) groups is 1. The number of rotatable bonds is 6. The van der Waals surface area contributed by atoms with Gasteiger partial charge in [-0.25, -0.2) is 4.79 Å². The maximum absolute atomic E-state index is 11.3. The van der Waals surface area contributed by atoms with Crippen molar-refractivity contribution < 1.29 is 14.6 Å². The average Bonchev–Trinajstić information content (AvgIpc) is 2.96. The molecule has 5 nitrogen and oxygen atoms in total. The van der Waals surface area contributed by atoms with Gasteiger partial charge < -0.3 is 20.1 Å². The fourth-order valence-electron chi connectivity index (χ4n) is 3.00. The molecule has 1 aliphatic carbocycles. The summed E-state index contributed by atoms with van der Waals surface area (Å²) in [6.45, 7) is 3.42. The van der Waals surface area contributed by atoms with Gasteiger partial charge in [-0.3, -0.25) is 0 Å². The van der Waals surface area contributed by atoms with Gasteiger partial charge in [0.05, 0.1) is 12.7 Å². The van der Waals surface area contributed by atoms with E-state index in [2.05, 4.69) is 22.0 Å². The Morgan fingerprint density at radius 3 is 2.81 bits per heavy atom. The molecule has 0 spiro atoms. The highest BCUT2D eigenvalue weighted by molar-refractivity contribution is 5.87. The van der Waals surface area contributed by atoms with Gasteiger partial charge in [0.25, 0.3) is 0 Å². The molecule has 1 aromatic rings. The minimum absolute atomic E-state index is 0.363. The number of esters is 1. The van der Waals surface area contributed by atoms with E-state index in [-0.39, 0.29) is 5.97 Å². The van der Waals surface area contributed by atoms with E-state index in [1.165, 1.54) is 13.5 Å². The van der Waals surface area contributed by atoms with Crippen LogP contribution in [0.4, 0.5) is 0 Å². The number of methoxy groups -OCH3 is 1. The maximum atomic E-state index is 11.3. The van der Waals surface area contributed by atoms with Gasteiger partial charge in [0.1, 0.15) is 5.69 Å². The second-order valence-corrected chi connectivity index (χ2v) is 6.07. The summed E-state index contributed by atoms with van der Waals surface area (Å²) < 4.78 is 4.66. The van der Waals surface area contributed by atoms with Crippen molar-refractivity contribution in [2.75, 3.05) is 13.7 Å². The number of aromatic amines is 1. The molecule has 0 bridgehead atoms. The van der Waals surface area contributed by atoms with E-state index in [0.29, 0.717) is 18.8 Å². The third-order valence-electron chi connectivity index (χ3n) is 4.53. The fraction of sp³-hybridized carbons (Fsp3) is 0.688. The average molecular weight is 294 g/mol. The number of hydrogen-bond acceptors (Lipinski definition) is 4. The molecule has 0 atom stereocenters. The topological polar surface area (TPSA) is 74.3 Å². The number of carbonyl (C=O) groups excluding carboxylic acids is 1. The van der Waals surface area contributed by atoms with E-state index in [4.69, 9.17) is 0 Å². The van der Waals surface area contributed by atoms with Gasteiger partial charge in [0.15, 0.2) is 0 Å². The summed E-state index contributed by atoms with van der Waals surface area (Å²) in [5, 5.41) is 13.8. The van der Waals surface area contributed by atoms with Crippen molar-refractivity contribution in [1.82, 2.24) is 10.3 Å². The lowest BCUT2D eigenvalue weighted by atomic mass is 9.78. The van der Waals surface area contributed by atoms with Crippen LogP contribution in [-0.4, -0.2) is 35.3 Å². The highest BCUT2D eigenvalue weighted by Crippen LogP contribution is 2.33. The Bertz CT molecular complexity index is 462. The Morgan fingerprint density at radius 1 is 1.48 bits per heavy atom. The molecule has 21 heavy (non-hydrogen) atoms. The highest BCUT2D eigenvalue weighted by atomic mass is 16.5. The first kappa shape index (κ1) is 16.0. The summed E-state index contributed by atoms with van der Waals surface area (Å²) in [6, 6.07) is 3.57. The van der Waals surface area contributed by atoms with Crippen molar-refractivity contribution in [3.05, 3.63) is 23.5 Å². The van der Waals surface area contributed by atoms with Crippen molar-refractivity contribution >= 4 is 5.97 Å². The number of nitrogens with one attached hydrogen (secondary N) is 2. The lowest BCUT2D eigenvalue weighted by molar-refractivity contribution is -0.00886. The molecule has 1 fully saturated rings. The molecule has 1 aromatic heterocycles. The molecule has 3 N–H and O–H groups in total. The molecule has 1 heterocycles. The van der Waals surface area contributed by atoms with E-state index < -0.39 is 5.60 Å². The van der Waals surface area contributed by atoms with Crippen molar-refractivity contribution in [2.45, 2.75) is 51.2 Å². The van der Waals surface area contributed by atoms with Gasteiger partial charge in [0.2, 0.25) is 0 Å². The molecule has 1 aliphatic rings. The van der Waals surface area contributed by atoms with Crippen LogP contribution in [0, 0.1) is 5.92 Å². The summed E-state index contributed by atoms with van der Waals surface area (Å²) in [4.78, 5) is 14.4. The van der Waals surface area contributed by atoms with Crippen molar-refractivity contribution in [3.63, 3.8) is 0 Å². The maximum Gasteiger partial charge on any atom is 0.354 e. The number of hydrogen-bond donors (Lipinski definition) is 3. The van der Waals surface area contributed by atoms with Crippen molar-refractivity contribution in [1.29, 1.82) is 0 Å². The van der Waals surface area contributed by atoms with Crippen LogP contribution in [0.15, 0.2) is 12.1 Å². The smallest absolute Gasteiger partial charge is 0.354 e. The van der Waals surface area contributed by atoms with Gasteiger partial charge in [-0.05, 0) is 43.7 Å². The Morgan fingerprint density at radius 2 is 2.19 bits per heavy atom. The van der Waals surface area contributed by atoms with Crippen LogP contribution < -0.4 is 5.32 Å². The van der Waals surface area contributed by atoms with Gasteiger partial charge in [-0.2, -0.15) is 0 Å². The fourth-order valence-corrected chi connectivity index (χ4v) is 3.00. The first-order valence-electron chi connectivity index (χ1n) is 7.75. The molecular weight excluding hydrogens is 268 g/mol. The minimum Gasteiger partial charge on any atom is -0.464 e. The largest absolute Gasteiger partial charge is 0.464 e. The van der Waals surface area contributed by atoms with E-state index >= 15 is 0 Å². The monoisotopic (exact) mass is 294 g/mol. The Labute approximate surface area is 126 Å². The minimum atomic E-state index is -0.580. The van der Waals surface area contributed by atoms with Crippen molar-refractivity contribution in [2.24, 2.45) is 5.92 Å². The number of ether oxygens (including phenoxy) is 1. The first-order chi connectivity index (χ1) is 10.1. The van der Waals surface area contributed by atoms with E-state index in [1.54, 1.807) is 6.07 Å². The zero-order valence-corrected chi connectivity index (χ0v) is 12.9. The van der Waals surface area contributed by atoms with Crippen LogP contribution in [0.1, 0.15) is 55.2 Å².